The molecule has 2 aromatic carbocycles. The maximum Gasteiger partial charge on any atom is 0.221 e. The van der Waals surface area contributed by atoms with Gasteiger partial charge in [-0.15, -0.1) is 0 Å². The highest BCUT2D eigenvalue weighted by molar-refractivity contribution is 5.88. The standard InChI is InChI=1S/C21H26FN3O3/c1-16(26)23-17-6-8-19(9-7-17)28-15-18(27)14-24-10-12-25(13-11-24)21-5-3-2-4-20(21)22/h2-9,18,27H,10-15H2,1H3,(H,23,26)/t18-/m1/s1. The van der Waals surface area contributed by atoms with Gasteiger partial charge >= 0.3 is 0 Å². The number of hydrogen-bond donors (Lipinski definition) is 2. The third-order valence-electron chi connectivity index (χ3n) is 4.65. The summed E-state index contributed by atoms with van der Waals surface area (Å²) in [6.07, 6.45) is -0.616. The Labute approximate surface area is 164 Å². The summed E-state index contributed by atoms with van der Waals surface area (Å²) in [6, 6.07) is 13.8. The summed E-state index contributed by atoms with van der Waals surface area (Å²) < 4.78 is 19.5. The van der Waals surface area contributed by atoms with Crippen molar-refractivity contribution in [1.29, 1.82) is 0 Å². The van der Waals surface area contributed by atoms with E-state index in [4.69, 9.17) is 4.74 Å². The molecule has 0 aromatic heterocycles. The minimum atomic E-state index is -0.616. The number of amides is 1. The number of halogens is 1. The number of benzene rings is 2. The summed E-state index contributed by atoms with van der Waals surface area (Å²) in [5.41, 5.74) is 1.34. The number of para-hydroxylation sites is 1. The predicted molar refractivity (Wildman–Crippen MR) is 107 cm³/mol. The molecule has 28 heavy (non-hydrogen) atoms. The number of nitrogens with zero attached hydrogens (tertiary/aromatic N) is 2. The van der Waals surface area contributed by atoms with Gasteiger partial charge in [0, 0.05) is 45.3 Å². The van der Waals surface area contributed by atoms with E-state index in [9.17, 15) is 14.3 Å². The normalized spacial score (nSPS) is 15.9. The van der Waals surface area contributed by atoms with Crippen molar-refractivity contribution >= 4 is 17.3 Å². The van der Waals surface area contributed by atoms with E-state index in [0.717, 1.165) is 26.2 Å². The SMILES string of the molecule is CC(=O)Nc1ccc(OC[C@H](O)CN2CCN(c3ccccc3F)CC2)cc1. The predicted octanol–water partition coefficient (Wildman–Crippen LogP) is 2.35. The number of hydrogen-bond acceptors (Lipinski definition) is 5. The first-order valence-corrected chi connectivity index (χ1v) is 9.41. The van der Waals surface area contributed by atoms with Crippen molar-refractivity contribution < 1.29 is 19.0 Å². The fraction of sp³-hybridized carbons (Fsp3) is 0.381. The van der Waals surface area contributed by atoms with Crippen molar-refractivity contribution in [3.05, 3.63) is 54.3 Å². The second-order valence-electron chi connectivity index (χ2n) is 6.91. The average molecular weight is 387 g/mol. The number of piperazine rings is 1. The van der Waals surface area contributed by atoms with Gasteiger partial charge in [0.2, 0.25) is 5.91 Å². The van der Waals surface area contributed by atoms with Crippen LogP contribution in [-0.4, -0.2) is 61.3 Å². The molecule has 150 valence electrons. The number of aliphatic hydroxyl groups is 1. The Balaban J connectivity index is 1.40. The minimum absolute atomic E-state index is 0.126. The molecule has 1 saturated heterocycles. The number of nitrogens with one attached hydrogen (secondary N) is 1. The highest BCUT2D eigenvalue weighted by Gasteiger charge is 2.21. The first kappa shape index (κ1) is 20.1. The van der Waals surface area contributed by atoms with Crippen LogP contribution in [0.25, 0.3) is 0 Å². The Hall–Kier alpha value is -2.64. The maximum absolute atomic E-state index is 13.9. The van der Waals surface area contributed by atoms with E-state index in [0.29, 0.717) is 23.7 Å². The molecule has 1 amide bonds. The Morgan fingerprint density at radius 2 is 1.82 bits per heavy atom. The van der Waals surface area contributed by atoms with Crippen molar-refractivity contribution in [3.63, 3.8) is 0 Å². The molecule has 6 nitrogen and oxygen atoms in total. The van der Waals surface area contributed by atoms with Crippen LogP contribution in [0.3, 0.4) is 0 Å². The van der Waals surface area contributed by atoms with E-state index >= 15 is 0 Å². The molecule has 1 fully saturated rings. The molecular weight excluding hydrogens is 361 g/mol. The molecule has 2 aromatic rings. The summed E-state index contributed by atoms with van der Waals surface area (Å²) in [6.45, 7) is 5.12. The van der Waals surface area contributed by atoms with Crippen molar-refractivity contribution in [3.8, 4) is 5.75 Å². The zero-order valence-electron chi connectivity index (χ0n) is 16.0. The van der Waals surface area contributed by atoms with Gasteiger partial charge in [0.25, 0.3) is 0 Å². The van der Waals surface area contributed by atoms with Crippen LogP contribution < -0.4 is 15.0 Å². The van der Waals surface area contributed by atoms with E-state index in [2.05, 4.69) is 10.2 Å². The smallest absolute Gasteiger partial charge is 0.221 e. The third-order valence-corrected chi connectivity index (χ3v) is 4.65. The van der Waals surface area contributed by atoms with Crippen molar-refractivity contribution in [2.24, 2.45) is 0 Å². The van der Waals surface area contributed by atoms with Gasteiger partial charge in [-0.25, -0.2) is 4.39 Å². The van der Waals surface area contributed by atoms with Gasteiger partial charge in [0.15, 0.2) is 0 Å². The largest absolute Gasteiger partial charge is 0.491 e. The molecule has 0 aliphatic carbocycles. The van der Waals surface area contributed by atoms with Gasteiger partial charge in [0.1, 0.15) is 24.3 Å². The molecule has 0 bridgehead atoms. The van der Waals surface area contributed by atoms with E-state index in [1.54, 1.807) is 36.4 Å². The lowest BCUT2D eigenvalue weighted by molar-refractivity contribution is -0.114. The summed E-state index contributed by atoms with van der Waals surface area (Å²) in [5, 5.41) is 13.0. The third kappa shape index (κ3) is 5.68. The van der Waals surface area contributed by atoms with Crippen LogP contribution >= 0.6 is 0 Å². The second-order valence-corrected chi connectivity index (χ2v) is 6.91. The fourth-order valence-electron chi connectivity index (χ4n) is 3.26. The van der Waals surface area contributed by atoms with E-state index in [1.165, 1.54) is 13.0 Å². The molecule has 1 aliphatic rings. The maximum atomic E-state index is 13.9. The molecule has 0 radical (unpaired) electrons. The molecule has 3 rings (SSSR count). The molecule has 0 spiro atoms. The Bertz CT molecular complexity index is 777. The molecule has 1 atom stereocenters. The number of ether oxygens (including phenoxy) is 1. The Kier molecular flexibility index (Phi) is 6.84. The summed E-state index contributed by atoms with van der Waals surface area (Å²) >= 11 is 0. The van der Waals surface area contributed by atoms with Gasteiger partial charge in [-0.3, -0.25) is 9.69 Å². The quantitative estimate of drug-likeness (QED) is 0.764. The van der Waals surface area contributed by atoms with Gasteiger partial charge in [0.05, 0.1) is 5.69 Å². The van der Waals surface area contributed by atoms with Gasteiger partial charge in [-0.1, -0.05) is 12.1 Å². The number of aliphatic hydroxyl groups excluding tert-OH is 1. The number of rotatable bonds is 7. The summed E-state index contributed by atoms with van der Waals surface area (Å²) in [7, 11) is 0. The van der Waals surface area contributed by atoms with Crippen molar-refractivity contribution in [2.45, 2.75) is 13.0 Å². The van der Waals surface area contributed by atoms with Crippen LogP contribution in [0, 0.1) is 5.82 Å². The number of anilines is 2. The van der Waals surface area contributed by atoms with Gasteiger partial charge in [-0.2, -0.15) is 0 Å². The van der Waals surface area contributed by atoms with Crippen LogP contribution in [0.1, 0.15) is 6.92 Å². The van der Waals surface area contributed by atoms with E-state index < -0.39 is 6.10 Å². The van der Waals surface area contributed by atoms with E-state index in [-0.39, 0.29) is 18.3 Å². The van der Waals surface area contributed by atoms with Gasteiger partial charge in [-0.05, 0) is 36.4 Å². The zero-order valence-corrected chi connectivity index (χ0v) is 16.0. The monoisotopic (exact) mass is 387 g/mol. The lowest BCUT2D eigenvalue weighted by Gasteiger charge is -2.36. The highest BCUT2D eigenvalue weighted by Crippen LogP contribution is 2.20. The Morgan fingerprint density at radius 1 is 1.14 bits per heavy atom. The molecule has 1 heterocycles. The van der Waals surface area contributed by atoms with Crippen LogP contribution in [0.5, 0.6) is 5.75 Å². The number of carbonyl (C=O) groups excluding carboxylic acids is 1. The molecule has 0 unspecified atom stereocenters. The van der Waals surface area contributed by atoms with Crippen molar-refractivity contribution in [1.82, 2.24) is 4.90 Å². The second kappa shape index (κ2) is 9.52. The fourth-order valence-corrected chi connectivity index (χ4v) is 3.26. The molecule has 1 aliphatic heterocycles. The van der Waals surface area contributed by atoms with E-state index in [1.807, 2.05) is 11.0 Å². The summed E-state index contributed by atoms with van der Waals surface area (Å²) in [5.74, 6) is 0.311. The van der Waals surface area contributed by atoms with Crippen LogP contribution in [-0.2, 0) is 4.79 Å². The zero-order chi connectivity index (χ0) is 19.9. The lowest BCUT2D eigenvalue weighted by atomic mass is 10.2. The molecule has 0 saturated carbocycles. The highest BCUT2D eigenvalue weighted by atomic mass is 19.1. The topological polar surface area (TPSA) is 65.0 Å². The minimum Gasteiger partial charge on any atom is -0.491 e. The van der Waals surface area contributed by atoms with Crippen LogP contribution in [0.15, 0.2) is 48.5 Å². The molecule has 2 N–H and O–H groups in total. The van der Waals surface area contributed by atoms with Crippen LogP contribution in [0.2, 0.25) is 0 Å². The first-order chi connectivity index (χ1) is 13.5. The average Bonchev–Trinajstić information content (AvgIpc) is 2.68. The Morgan fingerprint density at radius 3 is 2.46 bits per heavy atom. The number of β-amino-alcohol motifs (C(OH)–C–C–N with tert-alkyl or cyclic N) is 1. The first-order valence-electron chi connectivity index (χ1n) is 9.41. The lowest BCUT2D eigenvalue weighted by Crippen LogP contribution is -2.49. The van der Waals surface area contributed by atoms with Crippen molar-refractivity contribution in [2.75, 3.05) is 49.5 Å². The number of carbonyl (C=O) groups is 1. The molecular formula is C21H26FN3O3. The van der Waals surface area contributed by atoms with Gasteiger partial charge < -0.3 is 20.1 Å². The summed E-state index contributed by atoms with van der Waals surface area (Å²) in [4.78, 5) is 15.2. The van der Waals surface area contributed by atoms with Crippen LogP contribution in [0.4, 0.5) is 15.8 Å². The molecule has 7 heteroatoms.